The minimum atomic E-state index is -0.308. The van der Waals surface area contributed by atoms with Gasteiger partial charge in [-0.05, 0) is 43.2 Å². The fraction of sp³-hybridized carbons (Fsp3) is 0.190. The van der Waals surface area contributed by atoms with Crippen LogP contribution < -0.4 is 20.1 Å². The van der Waals surface area contributed by atoms with Gasteiger partial charge in [-0.1, -0.05) is 18.2 Å². The second-order valence-electron chi connectivity index (χ2n) is 6.80. The van der Waals surface area contributed by atoms with Gasteiger partial charge in [0.1, 0.15) is 0 Å². The predicted molar refractivity (Wildman–Crippen MR) is 109 cm³/mol. The summed E-state index contributed by atoms with van der Waals surface area (Å²) in [5.41, 5.74) is 1.98. The smallest absolute Gasteiger partial charge is 0.257 e. The summed E-state index contributed by atoms with van der Waals surface area (Å²) < 4.78 is 10.6. The number of hydrogen-bond acceptors (Lipinski definition) is 6. The maximum atomic E-state index is 12.7. The van der Waals surface area contributed by atoms with Crippen molar-refractivity contribution in [3.63, 3.8) is 0 Å². The molecule has 7 nitrogen and oxygen atoms in total. The maximum absolute atomic E-state index is 12.7. The minimum absolute atomic E-state index is 0.0751. The first-order valence-corrected chi connectivity index (χ1v) is 10.1. The van der Waals surface area contributed by atoms with E-state index in [9.17, 15) is 9.59 Å². The lowest BCUT2D eigenvalue weighted by Gasteiger charge is -2.10. The van der Waals surface area contributed by atoms with Gasteiger partial charge in [0.05, 0.1) is 11.6 Å². The van der Waals surface area contributed by atoms with E-state index in [4.69, 9.17) is 9.47 Å². The van der Waals surface area contributed by atoms with Crippen LogP contribution in [0.2, 0.25) is 0 Å². The van der Waals surface area contributed by atoms with Gasteiger partial charge in [-0.3, -0.25) is 14.9 Å². The van der Waals surface area contributed by atoms with Crippen LogP contribution in [0.5, 0.6) is 11.5 Å². The van der Waals surface area contributed by atoms with E-state index in [0.29, 0.717) is 22.2 Å². The fourth-order valence-corrected chi connectivity index (χ4v) is 4.53. The van der Waals surface area contributed by atoms with Crippen LogP contribution in [0.15, 0.2) is 48.5 Å². The molecular formula is C21H17N3O4S. The van der Waals surface area contributed by atoms with Crippen LogP contribution in [-0.4, -0.2) is 23.6 Å². The normalized spacial score (nSPS) is 16.3. The number of para-hydroxylation sites is 1. The Bertz CT molecular complexity index is 1100. The maximum Gasteiger partial charge on any atom is 0.257 e. The van der Waals surface area contributed by atoms with Crippen molar-refractivity contribution in [2.75, 3.05) is 17.4 Å². The molecule has 1 unspecified atom stereocenters. The molecule has 146 valence electrons. The Labute approximate surface area is 170 Å². The van der Waals surface area contributed by atoms with Crippen LogP contribution >= 0.6 is 11.3 Å². The summed E-state index contributed by atoms with van der Waals surface area (Å²) in [5, 5.41) is 6.26. The number of fused-ring (bicyclic) bond motifs is 2. The number of amides is 2. The average Bonchev–Trinajstić information content (AvgIpc) is 3.43. The third-order valence-corrected chi connectivity index (χ3v) is 5.98. The summed E-state index contributed by atoms with van der Waals surface area (Å²) in [7, 11) is 0. The first kappa shape index (κ1) is 17.7. The van der Waals surface area contributed by atoms with Crippen molar-refractivity contribution in [2.45, 2.75) is 18.8 Å². The lowest BCUT2D eigenvalue weighted by atomic mass is 10.1. The Morgan fingerprint density at radius 1 is 1.03 bits per heavy atom. The molecule has 29 heavy (non-hydrogen) atoms. The van der Waals surface area contributed by atoms with Crippen molar-refractivity contribution >= 4 is 34.0 Å². The second kappa shape index (κ2) is 7.21. The SMILES string of the molecule is O=C(Nc1nc2c(s1)CCC2C(=O)Nc1ccccc1)c1ccc2c(c1)OCO2. The van der Waals surface area contributed by atoms with Crippen LogP contribution in [0, 0.1) is 0 Å². The highest BCUT2D eigenvalue weighted by Gasteiger charge is 2.33. The summed E-state index contributed by atoms with van der Waals surface area (Å²) in [6.07, 6.45) is 1.50. The van der Waals surface area contributed by atoms with Gasteiger partial charge in [0, 0.05) is 16.1 Å². The largest absolute Gasteiger partial charge is 0.454 e. The Morgan fingerprint density at radius 3 is 2.72 bits per heavy atom. The molecule has 5 rings (SSSR count). The highest BCUT2D eigenvalue weighted by molar-refractivity contribution is 7.16. The molecule has 2 N–H and O–H groups in total. The molecule has 0 spiro atoms. The zero-order chi connectivity index (χ0) is 19.8. The molecule has 1 aromatic heterocycles. The van der Waals surface area contributed by atoms with Crippen LogP contribution in [0.25, 0.3) is 0 Å². The average molecular weight is 407 g/mol. The van der Waals surface area contributed by atoms with Crippen LogP contribution in [0.1, 0.15) is 33.3 Å². The molecule has 2 amide bonds. The Hall–Kier alpha value is -3.39. The van der Waals surface area contributed by atoms with Crippen molar-refractivity contribution in [1.82, 2.24) is 4.98 Å². The van der Waals surface area contributed by atoms with Gasteiger partial charge in [-0.25, -0.2) is 4.98 Å². The fourth-order valence-electron chi connectivity index (χ4n) is 3.49. The molecule has 1 aliphatic carbocycles. The van der Waals surface area contributed by atoms with E-state index in [1.165, 1.54) is 11.3 Å². The zero-order valence-corrected chi connectivity index (χ0v) is 16.1. The van der Waals surface area contributed by atoms with Gasteiger partial charge in [-0.2, -0.15) is 0 Å². The van der Waals surface area contributed by atoms with E-state index in [1.54, 1.807) is 18.2 Å². The van der Waals surface area contributed by atoms with E-state index in [1.807, 2.05) is 30.3 Å². The highest BCUT2D eigenvalue weighted by atomic mass is 32.1. The quantitative estimate of drug-likeness (QED) is 0.687. The molecule has 0 bridgehead atoms. The van der Waals surface area contributed by atoms with Gasteiger partial charge in [0.15, 0.2) is 16.6 Å². The highest BCUT2D eigenvalue weighted by Crippen LogP contribution is 2.39. The Balaban J connectivity index is 1.30. The number of carbonyl (C=O) groups excluding carboxylic acids is 2. The number of hydrogen-bond donors (Lipinski definition) is 2. The molecule has 0 saturated heterocycles. The van der Waals surface area contributed by atoms with E-state index in [2.05, 4.69) is 15.6 Å². The van der Waals surface area contributed by atoms with Crippen molar-refractivity contribution in [1.29, 1.82) is 0 Å². The summed E-state index contributed by atoms with van der Waals surface area (Å²) >= 11 is 1.42. The molecule has 8 heteroatoms. The van der Waals surface area contributed by atoms with Crippen LogP contribution in [0.3, 0.4) is 0 Å². The number of ether oxygens (including phenoxy) is 2. The lowest BCUT2D eigenvalue weighted by molar-refractivity contribution is -0.117. The van der Waals surface area contributed by atoms with Gasteiger partial charge in [-0.15, -0.1) is 11.3 Å². The third kappa shape index (κ3) is 3.42. The molecule has 2 aliphatic rings. The monoisotopic (exact) mass is 407 g/mol. The Kier molecular flexibility index (Phi) is 4.40. The van der Waals surface area contributed by atoms with Gasteiger partial charge in [0.2, 0.25) is 12.7 Å². The molecule has 0 radical (unpaired) electrons. The van der Waals surface area contributed by atoms with Crippen LogP contribution in [-0.2, 0) is 11.2 Å². The molecule has 2 heterocycles. The number of aromatic nitrogens is 1. The number of aryl methyl sites for hydroxylation is 1. The van der Waals surface area contributed by atoms with Crippen LogP contribution in [0.4, 0.5) is 10.8 Å². The summed E-state index contributed by atoms with van der Waals surface area (Å²) in [4.78, 5) is 30.8. The standard InChI is InChI=1S/C21H17N3O4S/c25-19(12-6-8-15-16(10-12)28-11-27-15)24-21-23-18-14(7-9-17(18)29-21)20(26)22-13-4-2-1-3-5-13/h1-6,8,10,14H,7,9,11H2,(H,22,26)(H,23,24,25). The van der Waals surface area contributed by atoms with Gasteiger partial charge in [0.25, 0.3) is 5.91 Å². The first-order valence-electron chi connectivity index (χ1n) is 9.24. The molecule has 0 fully saturated rings. The predicted octanol–water partition coefficient (Wildman–Crippen LogP) is 3.79. The molecule has 2 aromatic carbocycles. The van der Waals surface area contributed by atoms with E-state index < -0.39 is 0 Å². The number of anilines is 2. The molecule has 1 atom stereocenters. The van der Waals surface area contributed by atoms with Crippen molar-refractivity contribution in [2.24, 2.45) is 0 Å². The number of rotatable bonds is 4. The van der Waals surface area contributed by atoms with Crippen molar-refractivity contribution < 1.29 is 19.1 Å². The van der Waals surface area contributed by atoms with Crippen molar-refractivity contribution in [3.05, 3.63) is 64.7 Å². The molecule has 1 aliphatic heterocycles. The molecular weight excluding hydrogens is 390 g/mol. The van der Waals surface area contributed by atoms with E-state index >= 15 is 0 Å². The molecule has 0 saturated carbocycles. The third-order valence-electron chi connectivity index (χ3n) is 4.93. The number of thiazole rings is 1. The number of nitrogens with zero attached hydrogens (tertiary/aromatic N) is 1. The number of benzene rings is 2. The summed E-state index contributed by atoms with van der Waals surface area (Å²) in [5.74, 6) is 0.520. The first-order chi connectivity index (χ1) is 14.2. The summed E-state index contributed by atoms with van der Waals surface area (Å²) in [6.45, 7) is 0.159. The number of nitrogens with one attached hydrogen (secondary N) is 2. The second-order valence-corrected chi connectivity index (χ2v) is 7.88. The summed E-state index contributed by atoms with van der Waals surface area (Å²) in [6, 6.07) is 14.4. The molecule has 3 aromatic rings. The van der Waals surface area contributed by atoms with Gasteiger partial charge >= 0.3 is 0 Å². The van der Waals surface area contributed by atoms with E-state index in [-0.39, 0.29) is 24.5 Å². The van der Waals surface area contributed by atoms with Gasteiger partial charge < -0.3 is 14.8 Å². The topological polar surface area (TPSA) is 89.6 Å². The zero-order valence-electron chi connectivity index (χ0n) is 15.3. The van der Waals surface area contributed by atoms with E-state index in [0.717, 1.165) is 29.1 Å². The lowest BCUT2D eigenvalue weighted by Crippen LogP contribution is -2.20. The minimum Gasteiger partial charge on any atom is -0.454 e. The number of carbonyl (C=O) groups is 2. The Morgan fingerprint density at radius 2 is 1.86 bits per heavy atom. The van der Waals surface area contributed by atoms with Crippen molar-refractivity contribution in [3.8, 4) is 11.5 Å².